The number of nitrogens with two attached hydrogens (primary N) is 1. The summed E-state index contributed by atoms with van der Waals surface area (Å²) >= 11 is 0. The first-order valence-electron chi connectivity index (χ1n) is 9.01. The molecule has 4 unspecified atom stereocenters. The number of ether oxygens (including phenoxy) is 1. The number of carbonyl (C=O) groups excluding carboxylic acids is 1. The van der Waals surface area contributed by atoms with Gasteiger partial charge in [0.1, 0.15) is 54.6 Å². The number of aliphatic hydroxyl groups excluding tert-OH is 8. The Morgan fingerprint density at radius 1 is 1.10 bits per heavy atom. The molecular formula is C16H25N5O10. The number of hydrogen-bond acceptors (Lipinski definition) is 14. The van der Waals surface area contributed by atoms with E-state index in [9.17, 15) is 15.0 Å². The Balaban J connectivity index is 0.000000248. The number of imidazole rings is 1. The summed E-state index contributed by atoms with van der Waals surface area (Å²) < 4.78 is 6.85. The Labute approximate surface area is 174 Å². The number of anilines is 1. The van der Waals surface area contributed by atoms with Gasteiger partial charge in [-0.1, -0.05) is 0 Å². The summed E-state index contributed by atoms with van der Waals surface area (Å²) in [4.78, 5) is 21.8. The summed E-state index contributed by atoms with van der Waals surface area (Å²) in [5.41, 5.74) is 6.44. The minimum atomic E-state index is -1.79. The Morgan fingerprint density at radius 3 is 2.32 bits per heavy atom. The SMILES string of the molecule is Nc1ncnc2c1ncn2[C@@H]1O[C@H](CO)[C@@H](O)[C@H]1O.O=CC(O)C(O)C(O)C(O)CO. The zero-order valence-electron chi connectivity index (χ0n) is 16.0. The lowest BCUT2D eigenvalue weighted by molar-refractivity contribution is -0.136. The van der Waals surface area contributed by atoms with Gasteiger partial charge in [-0.2, -0.15) is 0 Å². The molecule has 0 aliphatic carbocycles. The van der Waals surface area contributed by atoms with Crippen molar-refractivity contribution < 1.29 is 50.4 Å². The predicted octanol–water partition coefficient (Wildman–Crippen LogP) is -5.36. The lowest BCUT2D eigenvalue weighted by Gasteiger charge is -2.22. The van der Waals surface area contributed by atoms with Crippen molar-refractivity contribution >= 4 is 23.3 Å². The van der Waals surface area contributed by atoms with Gasteiger partial charge in [0.25, 0.3) is 0 Å². The first-order valence-corrected chi connectivity index (χ1v) is 9.01. The van der Waals surface area contributed by atoms with Crippen LogP contribution < -0.4 is 5.73 Å². The minimum absolute atomic E-state index is 0.0258. The van der Waals surface area contributed by atoms with Crippen LogP contribution in [0.2, 0.25) is 0 Å². The maximum atomic E-state index is 9.95. The summed E-state index contributed by atoms with van der Waals surface area (Å²) in [5.74, 6) is 0.218. The number of nitrogens with zero attached hydrogens (tertiary/aromatic N) is 4. The van der Waals surface area contributed by atoms with Crippen LogP contribution in [-0.2, 0) is 9.53 Å². The number of rotatable bonds is 7. The molecule has 31 heavy (non-hydrogen) atoms. The number of aliphatic hydroxyl groups is 8. The van der Waals surface area contributed by atoms with Crippen LogP contribution in [-0.4, -0.2) is 123 Å². The molecule has 1 fully saturated rings. The summed E-state index contributed by atoms with van der Waals surface area (Å²) in [7, 11) is 0. The van der Waals surface area contributed by atoms with E-state index in [4.69, 9.17) is 41.1 Å². The van der Waals surface area contributed by atoms with E-state index >= 15 is 0 Å². The summed E-state index contributed by atoms with van der Waals surface area (Å²) in [6.45, 7) is -1.15. The average Bonchev–Trinajstić information content (AvgIpc) is 3.33. The highest BCUT2D eigenvalue weighted by molar-refractivity contribution is 5.81. The predicted molar refractivity (Wildman–Crippen MR) is 99.9 cm³/mol. The van der Waals surface area contributed by atoms with Crippen molar-refractivity contribution in [2.75, 3.05) is 18.9 Å². The second-order valence-electron chi connectivity index (χ2n) is 6.67. The molecule has 0 radical (unpaired) electrons. The van der Waals surface area contributed by atoms with E-state index in [0.29, 0.717) is 11.2 Å². The smallest absolute Gasteiger partial charge is 0.167 e. The maximum absolute atomic E-state index is 9.95. The van der Waals surface area contributed by atoms with Crippen molar-refractivity contribution in [2.24, 2.45) is 0 Å². The molecule has 0 bridgehead atoms. The number of fused-ring (bicyclic) bond motifs is 1. The Kier molecular flexibility index (Phi) is 8.69. The van der Waals surface area contributed by atoms with Gasteiger partial charge in [-0.3, -0.25) is 4.57 Å². The lowest BCUT2D eigenvalue weighted by Crippen LogP contribution is -2.46. The largest absolute Gasteiger partial charge is 0.394 e. The van der Waals surface area contributed by atoms with Gasteiger partial charge in [0.2, 0.25) is 0 Å². The van der Waals surface area contributed by atoms with E-state index in [2.05, 4.69) is 15.0 Å². The van der Waals surface area contributed by atoms with Gasteiger partial charge < -0.3 is 56.1 Å². The molecule has 0 amide bonds. The fourth-order valence-electron chi connectivity index (χ4n) is 2.78. The molecule has 0 saturated carbocycles. The number of nitrogen functional groups attached to an aromatic ring is 1. The van der Waals surface area contributed by atoms with Crippen LogP contribution in [0.5, 0.6) is 0 Å². The van der Waals surface area contributed by atoms with Crippen LogP contribution in [0, 0.1) is 0 Å². The molecule has 8 atom stereocenters. The van der Waals surface area contributed by atoms with Gasteiger partial charge in [-0.05, 0) is 0 Å². The van der Waals surface area contributed by atoms with E-state index in [0.717, 1.165) is 0 Å². The van der Waals surface area contributed by atoms with Crippen molar-refractivity contribution in [3.05, 3.63) is 12.7 Å². The van der Waals surface area contributed by atoms with Gasteiger partial charge in [0, 0.05) is 0 Å². The molecule has 15 nitrogen and oxygen atoms in total. The molecule has 3 heterocycles. The third-order valence-electron chi connectivity index (χ3n) is 4.60. The topological polar surface area (TPSA) is 258 Å². The molecule has 10 N–H and O–H groups in total. The van der Waals surface area contributed by atoms with Gasteiger partial charge in [0.15, 0.2) is 24.0 Å². The molecule has 1 saturated heterocycles. The Bertz CT molecular complexity index is 853. The molecule has 15 heteroatoms. The number of aldehydes is 1. The van der Waals surface area contributed by atoms with Crippen LogP contribution in [0.3, 0.4) is 0 Å². The van der Waals surface area contributed by atoms with E-state index < -0.39 is 62.2 Å². The number of hydrogen-bond donors (Lipinski definition) is 9. The second kappa shape index (κ2) is 10.8. The third kappa shape index (κ3) is 5.29. The van der Waals surface area contributed by atoms with Crippen LogP contribution in [0.25, 0.3) is 11.2 Å². The molecule has 1 aliphatic heterocycles. The van der Waals surface area contributed by atoms with Crippen LogP contribution in [0.4, 0.5) is 5.82 Å². The highest BCUT2D eigenvalue weighted by Crippen LogP contribution is 2.31. The van der Waals surface area contributed by atoms with E-state index in [1.807, 2.05) is 0 Å². The van der Waals surface area contributed by atoms with Gasteiger partial charge >= 0.3 is 0 Å². The molecule has 174 valence electrons. The minimum Gasteiger partial charge on any atom is -0.394 e. The van der Waals surface area contributed by atoms with E-state index in [1.165, 1.54) is 17.2 Å². The fourth-order valence-corrected chi connectivity index (χ4v) is 2.78. The maximum Gasteiger partial charge on any atom is 0.167 e. The summed E-state index contributed by atoms with van der Waals surface area (Å²) in [6, 6.07) is 0. The monoisotopic (exact) mass is 447 g/mol. The summed E-state index contributed by atoms with van der Waals surface area (Å²) in [5, 5.41) is 72.3. The molecule has 2 aromatic heterocycles. The number of carbonyl (C=O) groups is 1. The fraction of sp³-hybridized carbons (Fsp3) is 0.625. The van der Waals surface area contributed by atoms with E-state index in [1.54, 1.807) is 0 Å². The summed E-state index contributed by atoms with van der Waals surface area (Å²) in [6.07, 6.45) is -8.26. The highest BCUT2D eigenvalue weighted by Gasteiger charge is 2.44. The van der Waals surface area contributed by atoms with Crippen molar-refractivity contribution in [3.8, 4) is 0 Å². The van der Waals surface area contributed by atoms with Crippen LogP contribution >= 0.6 is 0 Å². The first kappa shape index (κ1) is 24.9. The van der Waals surface area contributed by atoms with Crippen molar-refractivity contribution in [3.63, 3.8) is 0 Å². The first-order chi connectivity index (χ1) is 14.7. The van der Waals surface area contributed by atoms with Gasteiger partial charge in [-0.15, -0.1) is 0 Å². The second-order valence-corrected chi connectivity index (χ2v) is 6.67. The molecule has 0 spiro atoms. The van der Waals surface area contributed by atoms with Gasteiger partial charge in [0.05, 0.1) is 19.5 Å². The highest BCUT2D eigenvalue weighted by atomic mass is 16.6. The Hall–Kier alpha value is -2.34. The standard InChI is InChI=1S/C10H13N5O4.C6H12O6/c11-8-5-9(13-2-12-8)15(3-14-5)10-7(18)6(17)4(1-16)19-10;7-1-3(9)5(11)6(12)4(10)2-8/h2-4,6-7,10,16-18H,1H2,(H2,11,12,13);1,3-6,8-12H,2H2/t4-,6-,7-,10-;/m1./s1. The molecule has 3 rings (SSSR count). The van der Waals surface area contributed by atoms with Crippen LogP contribution in [0.1, 0.15) is 6.23 Å². The normalized spacial score (nSPS) is 27.2. The van der Waals surface area contributed by atoms with Crippen molar-refractivity contribution in [1.82, 2.24) is 19.5 Å². The molecule has 1 aliphatic rings. The molecular weight excluding hydrogens is 422 g/mol. The average molecular weight is 447 g/mol. The lowest BCUT2D eigenvalue weighted by atomic mass is 10.0. The zero-order valence-corrected chi connectivity index (χ0v) is 16.0. The van der Waals surface area contributed by atoms with Crippen molar-refractivity contribution in [1.29, 1.82) is 0 Å². The van der Waals surface area contributed by atoms with E-state index in [-0.39, 0.29) is 12.1 Å². The molecule has 0 aromatic carbocycles. The van der Waals surface area contributed by atoms with Crippen molar-refractivity contribution in [2.45, 2.75) is 49.0 Å². The third-order valence-corrected chi connectivity index (χ3v) is 4.60. The van der Waals surface area contributed by atoms with Crippen LogP contribution in [0.15, 0.2) is 12.7 Å². The Morgan fingerprint density at radius 2 is 1.77 bits per heavy atom. The number of aromatic nitrogens is 4. The zero-order chi connectivity index (χ0) is 23.3. The van der Waals surface area contributed by atoms with Gasteiger partial charge in [-0.25, -0.2) is 15.0 Å². The molecule has 2 aromatic rings. The quantitative estimate of drug-likeness (QED) is 0.180.